The Labute approximate surface area is 183 Å². The molecule has 1 aliphatic heterocycles. The van der Waals surface area contributed by atoms with Crippen molar-refractivity contribution in [1.29, 1.82) is 0 Å². The van der Waals surface area contributed by atoms with Crippen molar-refractivity contribution in [2.75, 3.05) is 6.61 Å². The molecule has 2 fully saturated rings. The Balaban J connectivity index is 1.93. The van der Waals surface area contributed by atoms with Crippen LogP contribution in [0.1, 0.15) is 67.2 Å². The summed E-state index contributed by atoms with van der Waals surface area (Å²) in [6, 6.07) is 0. The molecule has 2 aliphatic rings. The van der Waals surface area contributed by atoms with Crippen molar-refractivity contribution in [3.63, 3.8) is 0 Å². The molecule has 0 aromatic heterocycles. The lowest BCUT2D eigenvalue weighted by molar-refractivity contribution is 0.0515. The molecular weight excluding hydrogens is 372 g/mol. The van der Waals surface area contributed by atoms with Crippen molar-refractivity contribution >= 4 is 0 Å². The Bertz CT molecular complexity index is 778. The lowest BCUT2D eigenvalue weighted by Crippen LogP contribution is -2.46. The number of ether oxygens (including phenoxy) is 1. The zero-order valence-electron chi connectivity index (χ0n) is 19.6. The Morgan fingerprint density at radius 2 is 1.57 bits per heavy atom. The monoisotopic (exact) mass is 412 g/mol. The third-order valence-electron chi connectivity index (χ3n) is 6.39. The first-order valence-electron chi connectivity index (χ1n) is 11.1. The van der Waals surface area contributed by atoms with Crippen LogP contribution < -0.4 is 0 Å². The molecule has 3 atom stereocenters. The molecule has 1 saturated carbocycles. The molecule has 0 aromatic carbocycles. The molecule has 166 valence electrons. The van der Waals surface area contributed by atoms with Crippen molar-refractivity contribution < 1.29 is 14.9 Å². The lowest BCUT2D eigenvalue weighted by Gasteiger charge is -2.39. The summed E-state index contributed by atoms with van der Waals surface area (Å²) < 4.78 is 6.20. The first-order valence-corrected chi connectivity index (χ1v) is 11.1. The van der Waals surface area contributed by atoms with Gasteiger partial charge in [-0.05, 0) is 53.0 Å². The highest BCUT2D eigenvalue weighted by Gasteiger charge is 2.74. The molecular formula is C27H40O3. The summed E-state index contributed by atoms with van der Waals surface area (Å²) in [6.45, 7) is 13.0. The highest BCUT2D eigenvalue weighted by Crippen LogP contribution is 2.66. The van der Waals surface area contributed by atoms with Gasteiger partial charge in [0.05, 0.1) is 6.10 Å². The number of fused-ring (bicyclic) bond motifs is 1. The minimum Gasteiger partial charge on any atom is -0.396 e. The van der Waals surface area contributed by atoms with Gasteiger partial charge in [0, 0.05) is 18.4 Å². The van der Waals surface area contributed by atoms with Crippen LogP contribution in [0.4, 0.5) is 0 Å². The maximum absolute atomic E-state index is 10.2. The van der Waals surface area contributed by atoms with E-state index in [1.54, 1.807) is 0 Å². The third-order valence-corrected chi connectivity index (χ3v) is 6.39. The van der Waals surface area contributed by atoms with E-state index in [2.05, 4.69) is 84.1 Å². The Hall–Kier alpha value is -1.68. The fourth-order valence-corrected chi connectivity index (χ4v) is 4.66. The lowest BCUT2D eigenvalue weighted by atomic mass is 9.63. The molecule has 1 aliphatic carbocycles. The zero-order chi connectivity index (χ0) is 22.4. The van der Waals surface area contributed by atoms with E-state index >= 15 is 0 Å². The van der Waals surface area contributed by atoms with E-state index in [4.69, 9.17) is 9.84 Å². The van der Waals surface area contributed by atoms with Gasteiger partial charge in [0.1, 0.15) is 11.2 Å². The van der Waals surface area contributed by atoms with Crippen LogP contribution in [0.25, 0.3) is 0 Å². The van der Waals surface area contributed by atoms with Crippen LogP contribution in [0.15, 0.2) is 71.4 Å². The molecule has 0 amide bonds. The molecule has 3 nitrogen and oxygen atoms in total. The standard InChI is InChI=1S/C27H40O3/c1-21(11-7-8-12-22(2)15-10-18-28)13-9-14-23(3)16-17-27-25(4,5)19-24(29)20-26(27,6)30-27/h7-9,11-14,16-17,24,28-29H,10,15,18-20H2,1-6H3/b8-7+,13-9+,17-16+,21-11+,22-12+,23-14+/t24-,26+,27-/m0/s1. The van der Waals surface area contributed by atoms with E-state index in [-0.39, 0.29) is 29.3 Å². The number of hydrogen-bond donors (Lipinski definition) is 2. The first kappa shape index (κ1) is 24.6. The maximum atomic E-state index is 10.2. The fourth-order valence-electron chi connectivity index (χ4n) is 4.66. The van der Waals surface area contributed by atoms with Crippen LogP contribution in [0.2, 0.25) is 0 Å². The number of epoxide rings is 1. The van der Waals surface area contributed by atoms with Crippen molar-refractivity contribution in [1.82, 2.24) is 0 Å². The van der Waals surface area contributed by atoms with Crippen molar-refractivity contribution in [3.05, 3.63) is 71.4 Å². The van der Waals surface area contributed by atoms with Crippen LogP contribution in [0, 0.1) is 5.41 Å². The van der Waals surface area contributed by atoms with E-state index in [0.29, 0.717) is 6.42 Å². The van der Waals surface area contributed by atoms with Crippen LogP contribution in [0.5, 0.6) is 0 Å². The summed E-state index contributed by atoms with van der Waals surface area (Å²) in [5, 5.41) is 19.0. The molecule has 2 rings (SSSR count). The molecule has 0 aromatic rings. The van der Waals surface area contributed by atoms with E-state index in [0.717, 1.165) is 19.3 Å². The SMILES string of the molecule is CC(/C=C/C=C(C)/C=C/[C@@]12O[C@]1(C)C[C@@H](O)CC2(C)C)=C\C=C\C=C(/C)CCCO. The van der Waals surface area contributed by atoms with Gasteiger partial charge >= 0.3 is 0 Å². The quantitative estimate of drug-likeness (QED) is 0.362. The number of aliphatic hydroxyl groups excluding tert-OH is 2. The second-order valence-electron chi connectivity index (χ2n) is 9.75. The Morgan fingerprint density at radius 3 is 2.23 bits per heavy atom. The van der Waals surface area contributed by atoms with Gasteiger partial charge in [-0.2, -0.15) is 0 Å². The summed E-state index contributed by atoms with van der Waals surface area (Å²) >= 11 is 0. The first-order chi connectivity index (χ1) is 14.1. The highest BCUT2D eigenvalue weighted by atomic mass is 16.6. The fraction of sp³-hybridized carbons (Fsp3) is 0.556. The summed E-state index contributed by atoms with van der Waals surface area (Å²) in [5.74, 6) is 0. The molecule has 0 bridgehead atoms. The molecule has 30 heavy (non-hydrogen) atoms. The minimum absolute atomic E-state index is 0.0808. The summed E-state index contributed by atoms with van der Waals surface area (Å²) in [5.41, 5.74) is 3.02. The van der Waals surface area contributed by atoms with Crippen LogP contribution in [-0.4, -0.2) is 34.1 Å². The van der Waals surface area contributed by atoms with E-state index in [1.165, 1.54) is 16.7 Å². The summed E-state index contributed by atoms with van der Waals surface area (Å²) in [7, 11) is 0. The van der Waals surface area contributed by atoms with Gasteiger partial charge in [0.2, 0.25) is 0 Å². The zero-order valence-corrected chi connectivity index (χ0v) is 19.6. The average molecular weight is 413 g/mol. The van der Waals surface area contributed by atoms with Crippen LogP contribution in [0.3, 0.4) is 0 Å². The van der Waals surface area contributed by atoms with Crippen molar-refractivity contribution in [3.8, 4) is 0 Å². The van der Waals surface area contributed by atoms with Crippen molar-refractivity contribution in [2.24, 2.45) is 5.41 Å². The number of aliphatic hydroxyl groups is 2. The predicted molar refractivity (Wildman–Crippen MR) is 126 cm³/mol. The van der Waals surface area contributed by atoms with Crippen molar-refractivity contribution in [2.45, 2.75) is 84.5 Å². The second kappa shape index (κ2) is 10.1. The molecule has 3 heteroatoms. The molecule has 0 radical (unpaired) electrons. The number of allylic oxidation sites excluding steroid dienone is 11. The van der Waals surface area contributed by atoms with Crippen LogP contribution >= 0.6 is 0 Å². The Morgan fingerprint density at radius 1 is 0.933 bits per heavy atom. The van der Waals surface area contributed by atoms with Gasteiger partial charge < -0.3 is 14.9 Å². The summed E-state index contributed by atoms with van der Waals surface area (Å²) in [6.07, 6.45) is 21.8. The molecule has 0 spiro atoms. The molecule has 1 saturated heterocycles. The second-order valence-corrected chi connectivity index (χ2v) is 9.75. The molecule has 0 unspecified atom stereocenters. The molecule has 1 heterocycles. The van der Waals surface area contributed by atoms with Gasteiger partial charge in [-0.3, -0.25) is 0 Å². The van der Waals surface area contributed by atoms with Gasteiger partial charge in [-0.15, -0.1) is 0 Å². The number of rotatable bonds is 9. The maximum Gasteiger partial charge on any atom is 0.121 e. The van der Waals surface area contributed by atoms with E-state index < -0.39 is 0 Å². The molecule has 2 N–H and O–H groups in total. The van der Waals surface area contributed by atoms with Gasteiger partial charge in [-0.1, -0.05) is 79.2 Å². The third kappa shape index (κ3) is 5.94. The predicted octanol–water partition coefficient (Wildman–Crippen LogP) is 5.98. The number of hydrogen-bond acceptors (Lipinski definition) is 3. The smallest absolute Gasteiger partial charge is 0.121 e. The van der Waals surface area contributed by atoms with Crippen LogP contribution in [-0.2, 0) is 4.74 Å². The van der Waals surface area contributed by atoms with Gasteiger partial charge in [-0.25, -0.2) is 0 Å². The normalized spacial score (nSPS) is 32.4. The largest absolute Gasteiger partial charge is 0.396 e. The van der Waals surface area contributed by atoms with Gasteiger partial charge in [0.25, 0.3) is 0 Å². The minimum atomic E-state index is -0.280. The Kier molecular flexibility index (Phi) is 8.27. The topological polar surface area (TPSA) is 53.0 Å². The van der Waals surface area contributed by atoms with E-state index in [1.807, 2.05) is 12.2 Å². The van der Waals surface area contributed by atoms with E-state index in [9.17, 15) is 5.11 Å². The average Bonchev–Trinajstić information content (AvgIpc) is 3.27. The highest BCUT2D eigenvalue weighted by molar-refractivity contribution is 5.36. The van der Waals surface area contributed by atoms with Gasteiger partial charge in [0.15, 0.2) is 0 Å². The summed E-state index contributed by atoms with van der Waals surface area (Å²) in [4.78, 5) is 0.